The number of furan rings is 1. The van der Waals surface area contributed by atoms with Crippen molar-refractivity contribution in [1.29, 1.82) is 0 Å². The lowest BCUT2D eigenvalue weighted by Crippen LogP contribution is -2.25. The van der Waals surface area contributed by atoms with E-state index < -0.39 is 5.41 Å². The molecular weight excluding hydrogens is 799 g/mol. The summed E-state index contributed by atoms with van der Waals surface area (Å²) in [6.45, 7) is 4.73. The molecule has 0 amide bonds. The predicted molar refractivity (Wildman–Crippen MR) is 273 cm³/mol. The Balaban J connectivity index is 1.06. The van der Waals surface area contributed by atoms with E-state index in [2.05, 4.69) is 243 Å². The van der Waals surface area contributed by atoms with Gasteiger partial charge in [-0.1, -0.05) is 196 Å². The molecule has 0 bridgehead atoms. The van der Waals surface area contributed by atoms with Crippen molar-refractivity contribution in [2.24, 2.45) is 0 Å². The molecule has 0 fully saturated rings. The third kappa shape index (κ3) is 4.96. The number of anilines is 3. The highest BCUT2D eigenvalue weighted by atomic mass is 16.3. The number of hydrogen-bond acceptors (Lipinski definition) is 2. The van der Waals surface area contributed by atoms with Crippen LogP contribution in [0.25, 0.3) is 77.6 Å². The van der Waals surface area contributed by atoms with Crippen molar-refractivity contribution < 1.29 is 4.42 Å². The molecule has 1 aromatic heterocycles. The van der Waals surface area contributed by atoms with E-state index in [0.29, 0.717) is 0 Å². The average Bonchev–Trinajstić information content (AvgIpc) is 4.07. The molecule has 3 aliphatic carbocycles. The minimum atomic E-state index is -0.438. The summed E-state index contributed by atoms with van der Waals surface area (Å²) in [6, 6.07) is 83.3. The van der Waals surface area contributed by atoms with Crippen LogP contribution in [-0.4, -0.2) is 0 Å². The molecule has 310 valence electrons. The van der Waals surface area contributed by atoms with Gasteiger partial charge in [0.1, 0.15) is 5.58 Å². The summed E-state index contributed by atoms with van der Waals surface area (Å²) < 4.78 is 6.89. The first-order valence-corrected chi connectivity index (χ1v) is 23.1. The van der Waals surface area contributed by atoms with E-state index in [1.807, 2.05) is 0 Å². The molecule has 0 saturated carbocycles. The molecule has 0 unspecified atom stereocenters. The van der Waals surface area contributed by atoms with E-state index in [-0.39, 0.29) is 5.41 Å². The SMILES string of the molecule is CC1(C)c2ccccc2-c2ccc(N(c3cc(-c4ccccc4)cc(-c4cccc5c4-c4ccccc4C54c5ccccc5-c5ccccc54)c3)c3cccc4c3oc3ccccc34)cc21. The Morgan fingerprint density at radius 1 is 0.348 bits per heavy atom. The van der Waals surface area contributed by atoms with Crippen molar-refractivity contribution >= 4 is 39.0 Å². The van der Waals surface area contributed by atoms with Crippen LogP contribution < -0.4 is 4.90 Å². The van der Waals surface area contributed by atoms with Crippen molar-refractivity contribution in [2.45, 2.75) is 24.7 Å². The maximum absolute atomic E-state index is 6.89. The quantitative estimate of drug-likeness (QED) is 0.172. The summed E-state index contributed by atoms with van der Waals surface area (Å²) in [7, 11) is 0. The number of para-hydroxylation sites is 2. The minimum Gasteiger partial charge on any atom is -0.454 e. The molecule has 2 nitrogen and oxygen atoms in total. The lowest BCUT2D eigenvalue weighted by molar-refractivity contribution is 0.660. The molecule has 1 heterocycles. The Morgan fingerprint density at radius 2 is 0.894 bits per heavy atom. The lowest BCUT2D eigenvalue weighted by atomic mass is 9.70. The summed E-state index contributed by atoms with van der Waals surface area (Å²) in [5.41, 5.74) is 24.8. The molecule has 11 aromatic rings. The van der Waals surface area contributed by atoms with Crippen LogP contribution >= 0.6 is 0 Å². The third-order valence-corrected chi connectivity index (χ3v) is 15.1. The van der Waals surface area contributed by atoms with E-state index in [1.165, 1.54) is 72.3 Å². The van der Waals surface area contributed by atoms with Crippen LogP contribution in [0.15, 0.2) is 229 Å². The summed E-state index contributed by atoms with van der Waals surface area (Å²) in [5.74, 6) is 0. The molecule has 0 atom stereocenters. The minimum absolute atomic E-state index is 0.179. The van der Waals surface area contributed by atoms with Crippen LogP contribution in [0.4, 0.5) is 17.1 Å². The van der Waals surface area contributed by atoms with Gasteiger partial charge in [-0.25, -0.2) is 0 Å². The monoisotopic (exact) mass is 841 g/mol. The Morgan fingerprint density at radius 3 is 1.65 bits per heavy atom. The Kier molecular flexibility index (Phi) is 7.70. The van der Waals surface area contributed by atoms with E-state index in [1.54, 1.807) is 0 Å². The van der Waals surface area contributed by atoms with Gasteiger partial charge in [-0.05, 0) is 131 Å². The van der Waals surface area contributed by atoms with Crippen molar-refractivity contribution in [3.63, 3.8) is 0 Å². The summed E-state index contributed by atoms with van der Waals surface area (Å²) in [4.78, 5) is 2.45. The van der Waals surface area contributed by atoms with Gasteiger partial charge < -0.3 is 9.32 Å². The second-order valence-electron chi connectivity index (χ2n) is 18.7. The van der Waals surface area contributed by atoms with Crippen LogP contribution in [0.2, 0.25) is 0 Å². The lowest BCUT2D eigenvalue weighted by Gasteiger charge is -2.30. The molecule has 3 aliphatic rings. The van der Waals surface area contributed by atoms with Crippen molar-refractivity contribution in [3.05, 3.63) is 258 Å². The van der Waals surface area contributed by atoms with Crippen molar-refractivity contribution in [3.8, 4) is 55.6 Å². The second kappa shape index (κ2) is 13.7. The largest absolute Gasteiger partial charge is 0.454 e. The maximum Gasteiger partial charge on any atom is 0.159 e. The summed E-state index contributed by atoms with van der Waals surface area (Å²) >= 11 is 0. The number of fused-ring (bicyclic) bond motifs is 16. The molecular formula is C64H43NO. The Hall–Kier alpha value is -8.20. The standard InChI is InChI=1S/C64H43NO/c1-63(2)53-27-11-6-20-46(53)49-35-34-43(39-58(49)63)65(59-32-17-26-51-50-23-10-15-33-60(50)66-62(51)59)44-37-41(40-18-4-3-5-19-40)36-42(38-44)45-25-16-31-57-61(45)52-24-9-14-30-56(52)64(57)54-28-12-7-21-47(54)48-22-8-13-29-55(48)64/h3-39H,1-2H3. The fourth-order valence-corrected chi connectivity index (χ4v) is 12.2. The van der Waals surface area contributed by atoms with Crippen LogP contribution in [0, 0.1) is 0 Å². The molecule has 2 heteroatoms. The van der Waals surface area contributed by atoms with Crippen LogP contribution in [-0.2, 0) is 10.8 Å². The topological polar surface area (TPSA) is 16.4 Å². The third-order valence-electron chi connectivity index (χ3n) is 15.1. The Bertz CT molecular complexity index is 3770. The molecule has 10 aromatic carbocycles. The van der Waals surface area contributed by atoms with Crippen LogP contribution in [0.5, 0.6) is 0 Å². The molecule has 0 N–H and O–H groups in total. The first-order valence-electron chi connectivity index (χ1n) is 23.1. The number of nitrogens with zero attached hydrogens (tertiary/aromatic N) is 1. The van der Waals surface area contributed by atoms with Crippen LogP contribution in [0.1, 0.15) is 47.2 Å². The van der Waals surface area contributed by atoms with E-state index >= 15 is 0 Å². The first kappa shape index (κ1) is 37.2. The Labute approximate surface area is 384 Å². The van der Waals surface area contributed by atoms with E-state index in [4.69, 9.17) is 4.42 Å². The predicted octanol–water partition coefficient (Wildman–Crippen LogP) is 17.0. The van der Waals surface area contributed by atoms with E-state index in [9.17, 15) is 0 Å². The second-order valence-corrected chi connectivity index (χ2v) is 18.7. The van der Waals surface area contributed by atoms with Gasteiger partial charge in [-0.3, -0.25) is 0 Å². The van der Waals surface area contributed by atoms with Gasteiger partial charge >= 0.3 is 0 Å². The maximum atomic E-state index is 6.89. The van der Waals surface area contributed by atoms with Gasteiger partial charge in [0, 0.05) is 27.6 Å². The zero-order valence-corrected chi connectivity index (χ0v) is 36.7. The van der Waals surface area contributed by atoms with Gasteiger partial charge in [-0.15, -0.1) is 0 Å². The fourth-order valence-electron chi connectivity index (χ4n) is 12.2. The number of rotatable bonds is 5. The summed E-state index contributed by atoms with van der Waals surface area (Å²) in [5, 5.41) is 2.21. The molecule has 14 rings (SSSR count). The average molecular weight is 842 g/mol. The number of hydrogen-bond donors (Lipinski definition) is 0. The fraction of sp³-hybridized carbons (Fsp3) is 0.0625. The van der Waals surface area contributed by atoms with E-state index in [0.717, 1.165) is 55.7 Å². The summed E-state index contributed by atoms with van der Waals surface area (Å²) in [6.07, 6.45) is 0. The van der Waals surface area contributed by atoms with Crippen LogP contribution in [0.3, 0.4) is 0 Å². The molecule has 66 heavy (non-hydrogen) atoms. The zero-order valence-electron chi connectivity index (χ0n) is 36.7. The molecule has 0 saturated heterocycles. The highest BCUT2D eigenvalue weighted by Gasteiger charge is 2.52. The van der Waals surface area contributed by atoms with Crippen molar-refractivity contribution in [2.75, 3.05) is 4.90 Å². The highest BCUT2D eigenvalue weighted by Crippen LogP contribution is 2.64. The smallest absolute Gasteiger partial charge is 0.159 e. The van der Waals surface area contributed by atoms with Crippen molar-refractivity contribution in [1.82, 2.24) is 0 Å². The highest BCUT2D eigenvalue weighted by molar-refractivity contribution is 6.11. The normalized spacial score (nSPS) is 14.2. The molecule has 0 radical (unpaired) electrons. The molecule has 1 spiro atoms. The van der Waals surface area contributed by atoms with Gasteiger partial charge in [0.2, 0.25) is 0 Å². The number of benzene rings is 10. The van der Waals surface area contributed by atoms with Gasteiger partial charge in [0.15, 0.2) is 5.58 Å². The zero-order chi connectivity index (χ0) is 43.7. The molecule has 0 aliphatic heterocycles. The first-order chi connectivity index (χ1) is 32.5. The van der Waals surface area contributed by atoms with Gasteiger partial charge in [-0.2, -0.15) is 0 Å². The van der Waals surface area contributed by atoms with Gasteiger partial charge in [0.05, 0.1) is 11.1 Å². The van der Waals surface area contributed by atoms with Gasteiger partial charge in [0.25, 0.3) is 0 Å².